The van der Waals surface area contributed by atoms with E-state index in [1.807, 2.05) is 0 Å². The molecule has 0 aromatic carbocycles. The smallest absolute Gasteiger partial charge is 1.00 e. The molecule has 0 amide bonds. The van der Waals surface area contributed by atoms with Crippen LogP contribution in [-0.2, 0) is 0 Å². The van der Waals surface area contributed by atoms with E-state index >= 15 is 0 Å². The van der Waals surface area contributed by atoms with E-state index in [1.165, 1.54) is 28.3 Å². The first-order chi connectivity index (χ1) is 3.83. The van der Waals surface area contributed by atoms with E-state index in [9.17, 15) is 0 Å². The molecule has 0 saturated carbocycles. The third-order valence-electron chi connectivity index (χ3n) is 1.57. The third-order valence-corrected chi connectivity index (χ3v) is 2.48. The average molecular weight is 132 g/mol. The van der Waals surface area contributed by atoms with Crippen LogP contribution in [0.5, 0.6) is 0 Å². The van der Waals surface area contributed by atoms with Crippen LogP contribution in [0, 0.1) is 0 Å². The number of hydrogen-bond acceptors (Lipinski definition) is 0. The summed E-state index contributed by atoms with van der Waals surface area (Å²) in [5, 5.41) is 0. The van der Waals surface area contributed by atoms with E-state index in [1.54, 1.807) is 5.57 Å². The SMILES string of the molecule is CC1=CCC(C[SiH3])=C1.[H-].[Li+]. The van der Waals surface area contributed by atoms with Crippen molar-refractivity contribution in [3.63, 3.8) is 0 Å². The topological polar surface area (TPSA) is 0 Å². The monoisotopic (exact) mass is 132 g/mol. The summed E-state index contributed by atoms with van der Waals surface area (Å²) < 4.78 is 0. The molecule has 1 aliphatic carbocycles. The maximum absolute atomic E-state index is 2.31. The minimum absolute atomic E-state index is 0. The molecule has 0 saturated heterocycles. The molecule has 0 fully saturated rings. The van der Waals surface area contributed by atoms with Crippen molar-refractivity contribution in [2.75, 3.05) is 0 Å². The minimum Gasteiger partial charge on any atom is -1.00 e. The van der Waals surface area contributed by atoms with Crippen LogP contribution in [0.1, 0.15) is 14.8 Å². The number of hydrogen-bond donors (Lipinski definition) is 0. The summed E-state index contributed by atoms with van der Waals surface area (Å²) in [6.07, 6.45) is 5.84. The van der Waals surface area contributed by atoms with Gasteiger partial charge in [-0.05, 0) is 19.4 Å². The van der Waals surface area contributed by atoms with Gasteiger partial charge in [0.2, 0.25) is 0 Å². The summed E-state index contributed by atoms with van der Waals surface area (Å²) in [4.78, 5) is 0. The Morgan fingerprint density at radius 2 is 2.44 bits per heavy atom. The van der Waals surface area contributed by atoms with Crippen molar-refractivity contribution in [2.45, 2.75) is 19.4 Å². The van der Waals surface area contributed by atoms with E-state index < -0.39 is 0 Å². The Bertz CT molecular complexity index is 152. The molecule has 0 bridgehead atoms. The van der Waals surface area contributed by atoms with Gasteiger partial charge < -0.3 is 1.43 Å². The maximum atomic E-state index is 2.31. The maximum Gasteiger partial charge on any atom is 1.00 e. The van der Waals surface area contributed by atoms with Crippen LogP contribution in [0.15, 0.2) is 23.3 Å². The Kier molecular flexibility index (Phi) is 4.30. The van der Waals surface area contributed by atoms with Crippen LogP contribution >= 0.6 is 0 Å². The van der Waals surface area contributed by atoms with E-state index in [2.05, 4.69) is 19.1 Å². The zero-order valence-electron chi connectivity index (χ0n) is 7.57. The van der Waals surface area contributed by atoms with Crippen LogP contribution in [0.25, 0.3) is 0 Å². The van der Waals surface area contributed by atoms with Crippen molar-refractivity contribution in [2.24, 2.45) is 0 Å². The van der Waals surface area contributed by atoms with E-state index in [4.69, 9.17) is 0 Å². The minimum atomic E-state index is 0. The summed E-state index contributed by atoms with van der Waals surface area (Å²) in [7, 11) is 1.32. The molecule has 2 heteroatoms. The number of allylic oxidation sites excluding steroid dienone is 4. The molecule has 0 spiro atoms. The van der Waals surface area contributed by atoms with Crippen molar-refractivity contribution in [3.8, 4) is 0 Å². The first-order valence-electron chi connectivity index (χ1n) is 3.19. The third kappa shape index (κ3) is 2.58. The molecule has 9 heavy (non-hydrogen) atoms. The molecular weight excluding hydrogens is 119 g/mol. The second-order valence-corrected chi connectivity index (χ2v) is 3.02. The molecule has 0 aromatic rings. The fraction of sp³-hybridized carbons (Fsp3) is 0.429. The van der Waals surface area contributed by atoms with Gasteiger partial charge in [0.25, 0.3) is 0 Å². The summed E-state index contributed by atoms with van der Waals surface area (Å²) in [5.74, 6) is 0. The zero-order chi connectivity index (χ0) is 5.98. The zero-order valence-corrected chi connectivity index (χ0v) is 8.57. The molecule has 0 aromatic heterocycles. The van der Waals surface area contributed by atoms with Gasteiger partial charge in [-0.1, -0.05) is 23.3 Å². The Morgan fingerprint density at radius 3 is 2.67 bits per heavy atom. The van der Waals surface area contributed by atoms with Crippen molar-refractivity contribution in [3.05, 3.63) is 23.3 Å². The summed E-state index contributed by atoms with van der Waals surface area (Å²) in [6, 6.07) is 1.36. The Hall–Kier alpha value is 0.294. The predicted molar refractivity (Wildman–Crippen MR) is 42.3 cm³/mol. The van der Waals surface area contributed by atoms with Crippen LogP contribution in [0.2, 0.25) is 6.04 Å². The molecule has 0 N–H and O–H groups in total. The average Bonchev–Trinajstić information content (AvgIpc) is 2.14. The van der Waals surface area contributed by atoms with E-state index in [-0.39, 0.29) is 20.3 Å². The van der Waals surface area contributed by atoms with Crippen LogP contribution in [0.3, 0.4) is 0 Å². The molecule has 0 atom stereocenters. The van der Waals surface area contributed by atoms with Gasteiger partial charge in [-0.15, -0.1) is 0 Å². The van der Waals surface area contributed by atoms with Gasteiger partial charge in [-0.3, -0.25) is 0 Å². The first kappa shape index (κ1) is 9.29. The quantitative estimate of drug-likeness (QED) is 0.368. The summed E-state index contributed by atoms with van der Waals surface area (Å²) in [6.45, 7) is 2.17. The molecule has 0 heterocycles. The van der Waals surface area contributed by atoms with Gasteiger partial charge in [0.1, 0.15) is 0 Å². The molecule has 0 unspecified atom stereocenters. The molecule has 0 aliphatic heterocycles. The van der Waals surface area contributed by atoms with Crippen molar-refractivity contribution in [1.29, 1.82) is 0 Å². The van der Waals surface area contributed by atoms with Gasteiger partial charge >= 0.3 is 18.9 Å². The largest absolute Gasteiger partial charge is 1.00 e. The Labute approximate surface area is 73.5 Å². The van der Waals surface area contributed by atoms with E-state index in [0.29, 0.717) is 0 Å². The van der Waals surface area contributed by atoms with Gasteiger partial charge in [-0.25, -0.2) is 0 Å². The van der Waals surface area contributed by atoms with Gasteiger partial charge in [0.05, 0.1) is 0 Å². The molecular formula is C7H13LiSi. The van der Waals surface area contributed by atoms with Crippen molar-refractivity contribution in [1.82, 2.24) is 0 Å². The summed E-state index contributed by atoms with van der Waals surface area (Å²) >= 11 is 0. The molecule has 46 valence electrons. The Morgan fingerprint density at radius 1 is 1.78 bits per heavy atom. The van der Waals surface area contributed by atoms with Crippen LogP contribution in [0.4, 0.5) is 0 Å². The molecule has 0 nitrogen and oxygen atoms in total. The Balaban J connectivity index is 0. The van der Waals surface area contributed by atoms with Gasteiger partial charge in [-0.2, -0.15) is 0 Å². The van der Waals surface area contributed by atoms with Crippen molar-refractivity contribution < 1.29 is 20.3 Å². The van der Waals surface area contributed by atoms with Crippen LogP contribution < -0.4 is 18.9 Å². The van der Waals surface area contributed by atoms with Gasteiger partial charge in [0, 0.05) is 10.2 Å². The summed E-state index contributed by atoms with van der Waals surface area (Å²) in [5.41, 5.74) is 3.09. The standard InChI is InChI=1S/C7H12Si.Li.H/c1-6-2-3-7(4-6)5-8;;/h2,4H,3,5H2,1,8H3;;/q;+1;-1. The predicted octanol–water partition coefficient (Wildman–Crippen LogP) is -1.84. The normalized spacial score (nSPS) is 16.6. The first-order valence-corrected chi connectivity index (χ1v) is 4.60. The number of rotatable bonds is 1. The fourth-order valence-corrected chi connectivity index (χ4v) is 1.47. The van der Waals surface area contributed by atoms with Gasteiger partial charge in [0.15, 0.2) is 0 Å². The molecule has 0 radical (unpaired) electrons. The van der Waals surface area contributed by atoms with E-state index in [0.717, 1.165) is 0 Å². The molecule has 1 aliphatic rings. The fourth-order valence-electron chi connectivity index (χ4n) is 0.978. The second-order valence-electron chi connectivity index (χ2n) is 2.31. The molecule has 1 rings (SSSR count). The van der Waals surface area contributed by atoms with Crippen molar-refractivity contribution >= 4 is 10.2 Å². The van der Waals surface area contributed by atoms with Crippen LogP contribution in [-0.4, -0.2) is 10.2 Å². The second kappa shape index (κ2) is 4.16.